The summed E-state index contributed by atoms with van der Waals surface area (Å²) >= 11 is 0. The van der Waals surface area contributed by atoms with E-state index in [1.165, 1.54) is 0 Å². The summed E-state index contributed by atoms with van der Waals surface area (Å²) in [7, 11) is 0. The van der Waals surface area contributed by atoms with E-state index in [4.69, 9.17) is 8.83 Å². The molecule has 4 rings (SSSR count). The molecule has 2 aromatic heterocycles. The molecule has 0 saturated heterocycles. The minimum atomic E-state index is -0.269. The molecule has 28 heavy (non-hydrogen) atoms. The fraction of sp³-hybridized carbons (Fsp3) is 0.130. The van der Waals surface area contributed by atoms with E-state index in [9.17, 15) is 4.79 Å². The average molecular weight is 372 g/mol. The van der Waals surface area contributed by atoms with Crippen molar-refractivity contribution in [2.45, 2.75) is 20.4 Å². The van der Waals surface area contributed by atoms with Crippen LogP contribution >= 0.6 is 0 Å². The van der Waals surface area contributed by atoms with Crippen LogP contribution < -0.4 is 10.9 Å². The summed E-state index contributed by atoms with van der Waals surface area (Å²) in [6.45, 7) is 4.28. The maximum atomic E-state index is 12.9. The second-order valence-corrected chi connectivity index (χ2v) is 6.67. The molecule has 0 bridgehead atoms. The maximum absolute atomic E-state index is 12.9. The first-order valence-corrected chi connectivity index (χ1v) is 9.05. The lowest BCUT2D eigenvalue weighted by atomic mass is 10.1. The first kappa shape index (κ1) is 17.8. The van der Waals surface area contributed by atoms with Gasteiger partial charge in [-0.3, -0.25) is 4.79 Å². The number of benzene rings is 2. The molecule has 0 saturated carbocycles. The number of carbonyl (C=O) groups excluding carboxylic acids is 1. The molecule has 1 amide bonds. The van der Waals surface area contributed by atoms with Crippen molar-refractivity contribution in [1.29, 1.82) is 0 Å². The zero-order chi connectivity index (χ0) is 19.5. The van der Waals surface area contributed by atoms with Gasteiger partial charge in [0.05, 0.1) is 18.5 Å². The number of rotatable bonds is 4. The van der Waals surface area contributed by atoms with Crippen LogP contribution in [0.25, 0.3) is 11.0 Å². The van der Waals surface area contributed by atoms with Gasteiger partial charge < -0.3 is 14.2 Å². The Hall–Kier alpha value is -3.60. The first-order chi connectivity index (χ1) is 13.6. The minimum Gasteiger partial charge on any atom is -0.467 e. The van der Waals surface area contributed by atoms with E-state index in [1.807, 2.05) is 62.4 Å². The molecule has 0 aliphatic heterocycles. The number of hydrogen-bond acceptors (Lipinski definition) is 4. The van der Waals surface area contributed by atoms with Gasteiger partial charge >= 0.3 is 0 Å². The molecule has 0 unspecified atom stereocenters. The number of aryl methyl sites for hydroxylation is 2. The molecule has 0 aliphatic carbocycles. The minimum absolute atomic E-state index is 0.269. The van der Waals surface area contributed by atoms with Crippen LogP contribution in [0, 0.1) is 13.8 Å². The number of amides is 1. The standard InChI is InChI=1S/C23H20N2O3/c1-15-9-10-16(2)20(12-15)25-23-19(13-17-6-3-4-8-21(17)28-23)22(26)24-14-18-7-5-11-27-18/h3-13H,14H2,1-2H3,(H,24,26). The molecule has 0 radical (unpaired) electrons. The summed E-state index contributed by atoms with van der Waals surface area (Å²) in [5, 5.41) is 3.70. The van der Waals surface area contributed by atoms with Crippen molar-refractivity contribution in [3.8, 4) is 0 Å². The van der Waals surface area contributed by atoms with Crippen LogP contribution in [0.1, 0.15) is 27.2 Å². The summed E-state index contributed by atoms with van der Waals surface area (Å²) < 4.78 is 11.3. The lowest BCUT2D eigenvalue weighted by Gasteiger charge is -2.07. The van der Waals surface area contributed by atoms with Crippen LogP contribution in [0.5, 0.6) is 0 Å². The summed E-state index contributed by atoms with van der Waals surface area (Å²) in [4.78, 5) is 17.5. The van der Waals surface area contributed by atoms with Crippen LogP contribution in [0.3, 0.4) is 0 Å². The second-order valence-electron chi connectivity index (χ2n) is 6.67. The zero-order valence-corrected chi connectivity index (χ0v) is 15.7. The third kappa shape index (κ3) is 3.74. The van der Waals surface area contributed by atoms with Crippen LogP contribution in [-0.2, 0) is 6.54 Å². The molecule has 0 fully saturated rings. The predicted molar refractivity (Wildman–Crippen MR) is 107 cm³/mol. The Morgan fingerprint density at radius 3 is 2.71 bits per heavy atom. The third-order valence-electron chi connectivity index (χ3n) is 4.49. The Bertz CT molecular complexity index is 1200. The number of para-hydroxylation sites is 1. The molecule has 2 aromatic carbocycles. The van der Waals surface area contributed by atoms with Crippen LogP contribution in [0.4, 0.5) is 5.69 Å². The van der Waals surface area contributed by atoms with E-state index >= 15 is 0 Å². The molecule has 0 spiro atoms. The molecule has 5 heteroatoms. The van der Waals surface area contributed by atoms with Crippen LogP contribution in [0.2, 0.25) is 0 Å². The molecular formula is C23H20N2O3. The number of carbonyl (C=O) groups is 1. The van der Waals surface area contributed by atoms with Crippen molar-refractivity contribution < 1.29 is 13.6 Å². The normalized spacial score (nSPS) is 11.7. The average Bonchev–Trinajstić information content (AvgIpc) is 3.22. The monoisotopic (exact) mass is 372 g/mol. The third-order valence-corrected chi connectivity index (χ3v) is 4.49. The SMILES string of the molecule is Cc1ccc(C)c(N=c2oc3ccccc3cc2C(=O)NCc2ccco2)c1. The van der Waals surface area contributed by atoms with Crippen LogP contribution in [-0.4, -0.2) is 5.91 Å². The van der Waals surface area contributed by atoms with Gasteiger partial charge in [0.15, 0.2) is 0 Å². The molecule has 0 aliphatic rings. The van der Waals surface area contributed by atoms with E-state index in [1.54, 1.807) is 18.4 Å². The number of nitrogens with one attached hydrogen (secondary N) is 1. The van der Waals surface area contributed by atoms with Gasteiger partial charge in [0.2, 0.25) is 5.55 Å². The van der Waals surface area contributed by atoms with Gasteiger partial charge in [-0.15, -0.1) is 0 Å². The van der Waals surface area contributed by atoms with Gasteiger partial charge in [-0.25, -0.2) is 4.99 Å². The van der Waals surface area contributed by atoms with E-state index in [-0.39, 0.29) is 11.5 Å². The lowest BCUT2D eigenvalue weighted by Crippen LogP contribution is -2.28. The van der Waals surface area contributed by atoms with E-state index in [0.717, 1.165) is 22.2 Å². The topological polar surface area (TPSA) is 67.7 Å². The number of nitrogens with zero attached hydrogens (tertiary/aromatic N) is 1. The fourth-order valence-corrected chi connectivity index (χ4v) is 2.94. The van der Waals surface area contributed by atoms with Gasteiger partial charge in [0.25, 0.3) is 5.91 Å². The molecule has 0 atom stereocenters. The summed E-state index contributed by atoms with van der Waals surface area (Å²) in [6.07, 6.45) is 1.58. The van der Waals surface area contributed by atoms with Crippen molar-refractivity contribution in [3.05, 3.63) is 94.9 Å². The molecule has 1 N–H and O–H groups in total. The first-order valence-electron chi connectivity index (χ1n) is 9.05. The van der Waals surface area contributed by atoms with Crippen molar-refractivity contribution in [3.63, 3.8) is 0 Å². The Labute approximate surface area is 162 Å². The lowest BCUT2D eigenvalue weighted by molar-refractivity contribution is 0.0944. The van der Waals surface area contributed by atoms with Gasteiger partial charge in [-0.05, 0) is 55.3 Å². The van der Waals surface area contributed by atoms with Crippen LogP contribution in [0.15, 0.2) is 80.8 Å². The molecule has 2 heterocycles. The smallest absolute Gasteiger partial charge is 0.257 e. The second kappa shape index (κ2) is 7.56. The Kier molecular flexibility index (Phi) is 4.81. The highest BCUT2D eigenvalue weighted by Crippen LogP contribution is 2.20. The number of hydrogen-bond donors (Lipinski definition) is 1. The maximum Gasteiger partial charge on any atom is 0.257 e. The van der Waals surface area contributed by atoms with E-state index in [0.29, 0.717) is 23.5 Å². The molecule has 140 valence electrons. The predicted octanol–water partition coefficient (Wildman–Crippen LogP) is 4.81. The molecule has 4 aromatic rings. The van der Waals surface area contributed by atoms with Gasteiger partial charge in [-0.2, -0.15) is 0 Å². The van der Waals surface area contributed by atoms with Gasteiger partial charge in [0, 0.05) is 5.39 Å². The Balaban J connectivity index is 1.81. The van der Waals surface area contributed by atoms with Crippen molar-refractivity contribution in [2.75, 3.05) is 0 Å². The highest BCUT2D eigenvalue weighted by Gasteiger charge is 2.13. The largest absolute Gasteiger partial charge is 0.467 e. The highest BCUT2D eigenvalue weighted by atomic mass is 16.3. The van der Waals surface area contributed by atoms with E-state index < -0.39 is 0 Å². The molecular weight excluding hydrogens is 352 g/mol. The fourth-order valence-electron chi connectivity index (χ4n) is 2.94. The van der Waals surface area contributed by atoms with Crippen molar-refractivity contribution >= 4 is 22.6 Å². The van der Waals surface area contributed by atoms with Gasteiger partial charge in [0.1, 0.15) is 16.9 Å². The quantitative estimate of drug-likeness (QED) is 0.559. The van der Waals surface area contributed by atoms with Crippen molar-refractivity contribution in [1.82, 2.24) is 5.32 Å². The Morgan fingerprint density at radius 2 is 1.89 bits per heavy atom. The molecule has 5 nitrogen and oxygen atoms in total. The van der Waals surface area contributed by atoms with E-state index in [2.05, 4.69) is 10.3 Å². The number of furan rings is 1. The summed E-state index contributed by atoms with van der Waals surface area (Å²) in [6, 6.07) is 19.0. The summed E-state index contributed by atoms with van der Waals surface area (Å²) in [5.41, 5.74) is 4.22. The Morgan fingerprint density at radius 1 is 1.04 bits per heavy atom. The van der Waals surface area contributed by atoms with Gasteiger partial charge in [-0.1, -0.05) is 30.3 Å². The zero-order valence-electron chi connectivity index (χ0n) is 15.7. The van der Waals surface area contributed by atoms with Crippen molar-refractivity contribution in [2.24, 2.45) is 4.99 Å². The highest BCUT2D eigenvalue weighted by molar-refractivity contribution is 5.96. The number of fused-ring (bicyclic) bond motifs is 1. The summed E-state index contributed by atoms with van der Waals surface area (Å²) in [5.74, 6) is 0.411.